The normalized spacial score (nSPS) is 10.7. The molecule has 8 heteroatoms. The highest BCUT2D eigenvalue weighted by Gasteiger charge is 2.15. The van der Waals surface area contributed by atoms with Gasteiger partial charge in [0.15, 0.2) is 6.61 Å². The summed E-state index contributed by atoms with van der Waals surface area (Å²) in [5, 5.41) is 3.06. The van der Waals surface area contributed by atoms with Crippen LogP contribution in [0.2, 0.25) is 0 Å². The number of hydrogen-bond donors (Lipinski definition) is 1. The number of anilines is 1. The first-order valence-corrected chi connectivity index (χ1v) is 10.5. The second kappa shape index (κ2) is 10.1. The van der Waals surface area contributed by atoms with Crippen molar-refractivity contribution in [3.63, 3.8) is 0 Å². The van der Waals surface area contributed by atoms with Crippen molar-refractivity contribution in [1.29, 1.82) is 0 Å². The smallest absolute Gasteiger partial charge is 0.338 e. The van der Waals surface area contributed by atoms with E-state index in [1.54, 1.807) is 49.4 Å². The molecule has 0 aliphatic carbocycles. The lowest BCUT2D eigenvalue weighted by Crippen LogP contribution is -2.20. The SMILES string of the molecule is CCOC(=O)c1ccc2nc(-c3ccc(F)cc3)cc(OCC(=O)Nc3cccc(F)c3)c2c1. The van der Waals surface area contributed by atoms with Crippen molar-refractivity contribution in [2.45, 2.75) is 6.92 Å². The van der Waals surface area contributed by atoms with Crippen LogP contribution in [-0.4, -0.2) is 30.1 Å². The largest absolute Gasteiger partial charge is 0.483 e. The topological polar surface area (TPSA) is 77.5 Å². The van der Waals surface area contributed by atoms with Crippen LogP contribution in [0.15, 0.2) is 72.8 Å². The number of esters is 1. The third-order valence-electron chi connectivity index (χ3n) is 4.89. The summed E-state index contributed by atoms with van der Waals surface area (Å²) in [5.74, 6) is -1.56. The van der Waals surface area contributed by atoms with Crippen molar-refractivity contribution in [2.24, 2.45) is 0 Å². The molecule has 6 nitrogen and oxygen atoms in total. The molecule has 1 amide bonds. The van der Waals surface area contributed by atoms with Gasteiger partial charge in [-0.3, -0.25) is 4.79 Å². The van der Waals surface area contributed by atoms with Gasteiger partial charge in [0.1, 0.15) is 17.4 Å². The van der Waals surface area contributed by atoms with Crippen LogP contribution in [0.1, 0.15) is 17.3 Å². The van der Waals surface area contributed by atoms with Crippen LogP contribution in [0.3, 0.4) is 0 Å². The number of rotatable bonds is 7. The molecule has 4 aromatic rings. The number of nitrogens with zero attached hydrogens (tertiary/aromatic N) is 1. The fourth-order valence-electron chi connectivity index (χ4n) is 3.33. The average molecular weight is 462 g/mol. The molecule has 1 N–H and O–H groups in total. The number of benzene rings is 3. The van der Waals surface area contributed by atoms with Crippen LogP contribution in [0.4, 0.5) is 14.5 Å². The Hall–Kier alpha value is -4.33. The number of halogens is 2. The van der Waals surface area contributed by atoms with Crippen molar-refractivity contribution < 1.29 is 27.8 Å². The highest BCUT2D eigenvalue weighted by Crippen LogP contribution is 2.31. The Balaban J connectivity index is 1.67. The molecule has 4 rings (SSSR count). The number of hydrogen-bond acceptors (Lipinski definition) is 5. The van der Waals surface area contributed by atoms with Gasteiger partial charge in [0.25, 0.3) is 5.91 Å². The second-order valence-electron chi connectivity index (χ2n) is 7.31. The number of ether oxygens (including phenoxy) is 2. The number of pyridine rings is 1. The fraction of sp³-hybridized carbons (Fsp3) is 0.115. The molecule has 0 unspecified atom stereocenters. The van der Waals surface area contributed by atoms with E-state index in [1.807, 2.05) is 0 Å². The summed E-state index contributed by atoms with van der Waals surface area (Å²) in [6, 6.07) is 17.7. The van der Waals surface area contributed by atoms with Crippen molar-refractivity contribution >= 4 is 28.5 Å². The van der Waals surface area contributed by atoms with E-state index in [9.17, 15) is 18.4 Å². The van der Waals surface area contributed by atoms with E-state index in [2.05, 4.69) is 10.3 Å². The zero-order valence-corrected chi connectivity index (χ0v) is 18.2. The molecule has 3 aromatic carbocycles. The number of nitrogens with one attached hydrogen (secondary N) is 1. The van der Waals surface area contributed by atoms with E-state index in [0.717, 1.165) is 0 Å². The molecule has 172 valence electrons. The number of amides is 1. The van der Waals surface area contributed by atoms with E-state index in [4.69, 9.17) is 9.47 Å². The predicted molar refractivity (Wildman–Crippen MR) is 124 cm³/mol. The molecule has 0 aliphatic heterocycles. The van der Waals surface area contributed by atoms with Crippen LogP contribution in [-0.2, 0) is 9.53 Å². The summed E-state index contributed by atoms with van der Waals surface area (Å²) >= 11 is 0. The maximum atomic E-state index is 13.4. The van der Waals surface area contributed by atoms with Crippen molar-refractivity contribution in [3.05, 3.63) is 90.0 Å². The van der Waals surface area contributed by atoms with Crippen LogP contribution in [0.25, 0.3) is 22.2 Å². The summed E-state index contributed by atoms with van der Waals surface area (Å²) in [7, 11) is 0. The summed E-state index contributed by atoms with van der Waals surface area (Å²) < 4.78 is 37.6. The predicted octanol–water partition coefficient (Wildman–Crippen LogP) is 5.37. The highest BCUT2D eigenvalue weighted by molar-refractivity contribution is 5.97. The summed E-state index contributed by atoms with van der Waals surface area (Å²) in [6.45, 7) is 1.56. The minimum absolute atomic E-state index is 0.224. The van der Waals surface area contributed by atoms with Gasteiger partial charge in [-0.25, -0.2) is 18.6 Å². The molecule has 1 heterocycles. The lowest BCUT2D eigenvalue weighted by molar-refractivity contribution is -0.118. The highest BCUT2D eigenvalue weighted by atomic mass is 19.1. The number of fused-ring (bicyclic) bond motifs is 1. The lowest BCUT2D eigenvalue weighted by Gasteiger charge is -2.13. The quantitative estimate of drug-likeness (QED) is 0.374. The minimum atomic E-state index is -0.500. The third-order valence-corrected chi connectivity index (χ3v) is 4.89. The number of carbonyl (C=O) groups excluding carboxylic acids is 2. The van der Waals surface area contributed by atoms with E-state index < -0.39 is 17.7 Å². The first-order chi connectivity index (χ1) is 16.4. The van der Waals surface area contributed by atoms with Gasteiger partial charge in [-0.1, -0.05) is 6.07 Å². The maximum absolute atomic E-state index is 13.4. The summed E-state index contributed by atoms with van der Waals surface area (Å²) in [6.07, 6.45) is 0. The Bertz CT molecular complexity index is 1360. The van der Waals surface area contributed by atoms with Crippen LogP contribution in [0.5, 0.6) is 5.75 Å². The average Bonchev–Trinajstić information content (AvgIpc) is 2.82. The molecule has 0 aliphatic rings. The van der Waals surface area contributed by atoms with Crippen molar-refractivity contribution in [3.8, 4) is 17.0 Å². The van der Waals surface area contributed by atoms with Gasteiger partial charge in [-0.2, -0.15) is 0 Å². The van der Waals surface area contributed by atoms with E-state index in [1.165, 1.54) is 30.3 Å². The van der Waals surface area contributed by atoms with Gasteiger partial charge in [0, 0.05) is 22.7 Å². The van der Waals surface area contributed by atoms with Gasteiger partial charge >= 0.3 is 5.97 Å². The molecule has 0 radical (unpaired) electrons. The molecule has 0 spiro atoms. The first kappa shape index (κ1) is 22.8. The molecule has 0 saturated heterocycles. The summed E-state index contributed by atoms with van der Waals surface area (Å²) in [5.41, 5.74) is 2.25. The Morgan fingerprint density at radius 2 is 1.74 bits per heavy atom. The lowest BCUT2D eigenvalue weighted by atomic mass is 10.1. The maximum Gasteiger partial charge on any atom is 0.338 e. The summed E-state index contributed by atoms with van der Waals surface area (Å²) in [4.78, 5) is 29.2. The molecule has 0 atom stereocenters. The van der Waals surface area contributed by atoms with Gasteiger partial charge in [0.05, 0.1) is 23.4 Å². The van der Waals surface area contributed by atoms with E-state index >= 15 is 0 Å². The number of aromatic nitrogens is 1. The van der Waals surface area contributed by atoms with Gasteiger partial charge in [0.2, 0.25) is 0 Å². The minimum Gasteiger partial charge on any atom is -0.483 e. The fourth-order valence-corrected chi connectivity index (χ4v) is 3.33. The zero-order valence-electron chi connectivity index (χ0n) is 18.2. The Kier molecular flexibility index (Phi) is 6.77. The molecule has 1 aromatic heterocycles. The molecular formula is C26H20F2N2O4. The molecule has 0 saturated carbocycles. The monoisotopic (exact) mass is 462 g/mol. The van der Waals surface area contributed by atoms with Gasteiger partial charge < -0.3 is 14.8 Å². The van der Waals surface area contributed by atoms with Crippen LogP contribution in [0, 0.1) is 11.6 Å². The van der Waals surface area contributed by atoms with Crippen LogP contribution >= 0.6 is 0 Å². The molecule has 34 heavy (non-hydrogen) atoms. The first-order valence-electron chi connectivity index (χ1n) is 10.5. The van der Waals surface area contributed by atoms with Crippen molar-refractivity contribution in [1.82, 2.24) is 4.98 Å². The Morgan fingerprint density at radius 3 is 2.47 bits per heavy atom. The second-order valence-corrected chi connectivity index (χ2v) is 7.31. The molecule has 0 fully saturated rings. The third kappa shape index (κ3) is 5.35. The Labute approximate surface area is 194 Å². The molecule has 0 bridgehead atoms. The standard InChI is InChI=1S/C26H20F2N2O4/c1-2-33-26(32)17-8-11-22-21(12-17)24(14-23(30-22)16-6-9-18(27)10-7-16)34-15-25(31)29-20-5-3-4-19(28)13-20/h3-14H,2,15H2,1H3,(H,29,31). The van der Waals surface area contributed by atoms with E-state index in [0.29, 0.717) is 39.2 Å². The van der Waals surface area contributed by atoms with Crippen LogP contribution < -0.4 is 10.1 Å². The number of carbonyl (C=O) groups is 2. The van der Waals surface area contributed by atoms with E-state index in [-0.39, 0.29) is 19.0 Å². The van der Waals surface area contributed by atoms with Crippen molar-refractivity contribution in [2.75, 3.05) is 18.5 Å². The van der Waals surface area contributed by atoms with Gasteiger partial charge in [-0.15, -0.1) is 0 Å². The Morgan fingerprint density at radius 1 is 0.941 bits per heavy atom. The molecular weight excluding hydrogens is 442 g/mol. The van der Waals surface area contributed by atoms with Gasteiger partial charge in [-0.05, 0) is 67.6 Å². The zero-order chi connectivity index (χ0) is 24.1.